The zero-order valence-corrected chi connectivity index (χ0v) is 14.2. The molecule has 1 unspecified atom stereocenters. The Balaban J connectivity index is 3.59. The molecule has 1 aromatic carbocycles. The average Bonchev–Trinajstić information content (AvgIpc) is 2.24. The van der Waals surface area contributed by atoms with Crippen LogP contribution in [0, 0.1) is 5.92 Å². The van der Waals surface area contributed by atoms with Gasteiger partial charge < -0.3 is 10.2 Å². The van der Waals surface area contributed by atoms with Gasteiger partial charge in [0, 0.05) is 0 Å². The van der Waals surface area contributed by atoms with Gasteiger partial charge in [-0.3, -0.25) is 0 Å². The van der Waals surface area contributed by atoms with Gasteiger partial charge in [0.15, 0.2) is 0 Å². The lowest BCUT2D eigenvalue weighted by atomic mass is 9.77. The summed E-state index contributed by atoms with van der Waals surface area (Å²) in [6.45, 7) is 16.5. The number of phenolic OH excluding ortho intramolecular Hbond substituents is 1. The van der Waals surface area contributed by atoms with Gasteiger partial charge in [0.1, 0.15) is 5.75 Å². The van der Waals surface area contributed by atoms with Gasteiger partial charge in [-0.05, 0) is 45.6 Å². The molecule has 0 saturated carbocycles. The number of benzene rings is 1. The lowest BCUT2D eigenvalue weighted by molar-refractivity contribution is 0.126. The minimum absolute atomic E-state index is 0.153. The predicted octanol–water partition coefficient (Wildman–Crippen LogP) is 4.68. The SMILES string of the molecule is CC(C)C(O)c1cc(C(C)(C)C)c(O)c(C(C)(C)C)c1. The van der Waals surface area contributed by atoms with Crippen molar-refractivity contribution in [3.8, 4) is 5.75 Å². The van der Waals surface area contributed by atoms with Crippen LogP contribution in [0.1, 0.15) is 78.2 Å². The Bertz CT molecular complexity index is 438. The third kappa shape index (κ3) is 3.54. The van der Waals surface area contributed by atoms with E-state index in [0.717, 1.165) is 16.7 Å². The van der Waals surface area contributed by atoms with Crippen LogP contribution in [0.3, 0.4) is 0 Å². The fraction of sp³-hybridized carbons (Fsp3) is 0.667. The van der Waals surface area contributed by atoms with Gasteiger partial charge in [-0.25, -0.2) is 0 Å². The van der Waals surface area contributed by atoms with Gasteiger partial charge in [0.05, 0.1) is 6.10 Å². The molecule has 2 nitrogen and oxygen atoms in total. The second kappa shape index (κ2) is 5.40. The molecule has 0 aliphatic carbocycles. The molecule has 0 amide bonds. The van der Waals surface area contributed by atoms with Crippen LogP contribution >= 0.6 is 0 Å². The molecule has 0 aliphatic rings. The van der Waals surface area contributed by atoms with Gasteiger partial charge in [0.2, 0.25) is 0 Å². The van der Waals surface area contributed by atoms with E-state index in [4.69, 9.17) is 0 Å². The summed E-state index contributed by atoms with van der Waals surface area (Å²) in [6, 6.07) is 3.91. The summed E-state index contributed by atoms with van der Waals surface area (Å²) in [5.41, 5.74) is 2.39. The molecule has 0 saturated heterocycles. The molecule has 114 valence electrons. The zero-order chi connectivity index (χ0) is 15.9. The third-order valence-electron chi connectivity index (χ3n) is 3.72. The highest BCUT2D eigenvalue weighted by Gasteiger charge is 2.28. The molecule has 1 atom stereocenters. The van der Waals surface area contributed by atoms with Crippen molar-refractivity contribution in [2.75, 3.05) is 0 Å². The molecule has 0 fully saturated rings. The van der Waals surface area contributed by atoms with Crippen LogP contribution in [0.25, 0.3) is 0 Å². The number of aliphatic hydroxyl groups is 1. The van der Waals surface area contributed by atoms with Crippen molar-refractivity contribution < 1.29 is 10.2 Å². The Morgan fingerprint density at radius 3 is 1.45 bits per heavy atom. The van der Waals surface area contributed by atoms with Crippen molar-refractivity contribution in [2.45, 2.75) is 72.3 Å². The minimum atomic E-state index is -0.502. The highest BCUT2D eigenvalue weighted by Crippen LogP contribution is 2.41. The van der Waals surface area contributed by atoms with E-state index in [1.165, 1.54) is 0 Å². The maximum Gasteiger partial charge on any atom is 0.123 e. The number of rotatable bonds is 2. The van der Waals surface area contributed by atoms with Crippen molar-refractivity contribution in [3.63, 3.8) is 0 Å². The normalized spacial score (nSPS) is 14.7. The molecule has 0 bridgehead atoms. The predicted molar refractivity (Wildman–Crippen MR) is 85.3 cm³/mol. The Morgan fingerprint density at radius 2 is 1.20 bits per heavy atom. The first kappa shape index (κ1) is 17.0. The van der Waals surface area contributed by atoms with Crippen molar-refractivity contribution in [3.05, 3.63) is 28.8 Å². The molecule has 0 aliphatic heterocycles. The quantitative estimate of drug-likeness (QED) is 0.825. The molecule has 2 N–H and O–H groups in total. The topological polar surface area (TPSA) is 40.5 Å². The number of hydrogen-bond donors (Lipinski definition) is 2. The minimum Gasteiger partial charge on any atom is -0.507 e. The first-order chi connectivity index (χ1) is 8.85. The third-order valence-corrected chi connectivity index (χ3v) is 3.72. The average molecular weight is 278 g/mol. The maximum absolute atomic E-state index is 10.6. The maximum atomic E-state index is 10.6. The van der Waals surface area contributed by atoms with E-state index in [2.05, 4.69) is 41.5 Å². The van der Waals surface area contributed by atoms with Crippen molar-refractivity contribution in [2.24, 2.45) is 5.92 Å². The summed E-state index contributed by atoms with van der Waals surface area (Å²) in [4.78, 5) is 0. The van der Waals surface area contributed by atoms with Crippen molar-refractivity contribution in [1.82, 2.24) is 0 Å². The van der Waals surface area contributed by atoms with Crippen LogP contribution in [-0.4, -0.2) is 10.2 Å². The zero-order valence-electron chi connectivity index (χ0n) is 14.2. The Labute approximate surface area is 123 Å². The fourth-order valence-electron chi connectivity index (χ4n) is 2.36. The van der Waals surface area contributed by atoms with E-state index in [1.807, 2.05) is 26.0 Å². The molecule has 0 radical (unpaired) electrons. The molecule has 1 rings (SSSR count). The van der Waals surface area contributed by atoms with Crippen LogP contribution in [0.4, 0.5) is 0 Å². The summed E-state index contributed by atoms with van der Waals surface area (Å²) in [5, 5.41) is 21.0. The fourth-order valence-corrected chi connectivity index (χ4v) is 2.36. The lowest BCUT2D eigenvalue weighted by Gasteiger charge is -2.29. The van der Waals surface area contributed by atoms with E-state index in [0.29, 0.717) is 5.75 Å². The van der Waals surface area contributed by atoms with Crippen LogP contribution in [0.2, 0.25) is 0 Å². The number of hydrogen-bond acceptors (Lipinski definition) is 2. The molecule has 0 spiro atoms. The van der Waals surface area contributed by atoms with E-state index in [-0.39, 0.29) is 16.7 Å². The summed E-state index contributed by atoms with van der Waals surface area (Å²) in [5.74, 6) is 0.518. The Morgan fingerprint density at radius 1 is 0.850 bits per heavy atom. The van der Waals surface area contributed by atoms with Gasteiger partial charge in [0.25, 0.3) is 0 Å². The molecule has 2 heteroatoms. The van der Waals surface area contributed by atoms with E-state index < -0.39 is 6.10 Å². The molecular formula is C18H30O2. The van der Waals surface area contributed by atoms with E-state index >= 15 is 0 Å². The van der Waals surface area contributed by atoms with Gasteiger partial charge >= 0.3 is 0 Å². The largest absolute Gasteiger partial charge is 0.507 e. The second-order valence-corrected chi connectivity index (χ2v) is 8.15. The van der Waals surface area contributed by atoms with Gasteiger partial charge in [-0.15, -0.1) is 0 Å². The van der Waals surface area contributed by atoms with Crippen molar-refractivity contribution in [1.29, 1.82) is 0 Å². The molecule has 20 heavy (non-hydrogen) atoms. The van der Waals surface area contributed by atoms with Crippen LogP contribution < -0.4 is 0 Å². The molecule has 0 aromatic heterocycles. The lowest BCUT2D eigenvalue weighted by Crippen LogP contribution is -2.19. The first-order valence-electron chi connectivity index (χ1n) is 7.41. The molecule has 0 heterocycles. The summed E-state index contributed by atoms with van der Waals surface area (Å²) < 4.78 is 0. The van der Waals surface area contributed by atoms with E-state index in [1.54, 1.807) is 0 Å². The van der Waals surface area contributed by atoms with E-state index in [9.17, 15) is 10.2 Å². The highest BCUT2D eigenvalue weighted by molar-refractivity contribution is 5.50. The van der Waals surface area contributed by atoms with Crippen LogP contribution in [0.15, 0.2) is 12.1 Å². The highest BCUT2D eigenvalue weighted by atomic mass is 16.3. The smallest absolute Gasteiger partial charge is 0.123 e. The number of aromatic hydroxyl groups is 1. The van der Waals surface area contributed by atoms with Gasteiger partial charge in [-0.2, -0.15) is 0 Å². The second-order valence-electron chi connectivity index (χ2n) is 8.15. The Hall–Kier alpha value is -1.02. The van der Waals surface area contributed by atoms with Crippen LogP contribution in [0.5, 0.6) is 5.75 Å². The van der Waals surface area contributed by atoms with Crippen LogP contribution in [-0.2, 0) is 10.8 Å². The number of aliphatic hydroxyl groups excluding tert-OH is 1. The molecular weight excluding hydrogens is 248 g/mol. The summed E-state index contributed by atoms with van der Waals surface area (Å²) in [6.07, 6.45) is -0.502. The Kier molecular flexibility index (Phi) is 4.60. The standard InChI is InChI=1S/C18H30O2/c1-11(2)15(19)12-9-13(17(3,4)5)16(20)14(10-12)18(6,7)8/h9-11,15,19-20H,1-8H3. The summed E-state index contributed by atoms with van der Waals surface area (Å²) in [7, 11) is 0. The molecule has 1 aromatic rings. The first-order valence-corrected chi connectivity index (χ1v) is 7.41. The summed E-state index contributed by atoms with van der Waals surface area (Å²) >= 11 is 0. The number of phenols is 1. The van der Waals surface area contributed by atoms with Gasteiger partial charge in [-0.1, -0.05) is 55.4 Å². The van der Waals surface area contributed by atoms with Crippen molar-refractivity contribution >= 4 is 0 Å². The monoisotopic (exact) mass is 278 g/mol.